The minimum absolute atomic E-state index is 0. The first-order valence-corrected chi connectivity index (χ1v) is 9.59. The molecule has 0 aromatic rings. The zero-order valence-electron chi connectivity index (χ0n) is 12.9. The van der Waals surface area contributed by atoms with Crippen LogP contribution in [0.15, 0.2) is 0 Å². The summed E-state index contributed by atoms with van der Waals surface area (Å²) in [5, 5.41) is 3.42. The van der Waals surface area contributed by atoms with Crippen LogP contribution in [0.25, 0.3) is 0 Å². The van der Waals surface area contributed by atoms with Gasteiger partial charge in [-0.3, -0.25) is 4.90 Å². The van der Waals surface area contributed by atoms with E-state index in [-0.39, 0.29) is 30.1 Å². The maximum absolute atomic E-state index is 11.9. The zero-order chi connectivity index (χ0) is 13.9. The van der Waals surface area contributed by atoms with Crippen molar-refractivity contribution >= 4 is 34.8 Å². The van der Waals surface area contributed by atoms with Crippen molar-refractivity contribution in [3.63, 3.8) is 0 Å². The van der Waals surface area contributed by atoms with Crippen molar-refractivity contribution in [3.8, 4) is 0 Å². The SMILES string of the molecule is CC(CNS(=O)(=O)C1CC1)N1[C@@H]2CC[C@H]1[C@H]1CNC[C@H]12.Cl.Cl. The molecule has 130 valence electrons. The Bertz CT molecular complexity index is 482. The monoisotopic (exact) mass is 371 g/mol. The summed E-state index contributed by atoms with van der Waals surface area (Å²) in [5.74, 6) is 1.60. The summed E-state index contributed by atoms with van der Waals surface area (Å²) < 4.78 is 26.7. The van der Waals surface area contributed by atoms with Gasteiger partial charge in [-0.15, -0.1) is 24.8 Å². The van der Waals surface area contributed by atoms with E-state index in [0.29, 0.717) is 24.7 Å². The Balaban J connectivity index is 0.000000882. The van der Waals surface area contributed by atoms with Gasteiger partial charge in [0.1, 0.15) is 0 Å². The molecule has 0 radical (unpaired) electrons. The van der Waals surface area contributed by atoms with Crippen LogP contribution in [0.4, 0.5) is 0 Å². The molecule has 1 saturated carbocycles. The number of halogens is 2. The standard InChI is InChI=1S/C14H25N3O2S.2ClH/c1-9(6-16-20(18,19)10-2-3-10)17-13-4-5-14(17)12-8-15-7-11(12)13;;/h9-16H,2-8H2,1H3;2*1H/t9?,11-,12+,13-,14+;;. The molecule has 2 N–H and O–H groups in total. The average Bonchev–Trinajstić information content (AvgIpc) is 2.94. The summed E-state index contributed by atoms with van der Waals surface area (Å²) in [6.07, 6.45) is 4.28. The summed E-state index contributed by atoms with van der Waals surface area (Å²) in [6.45, 7) is 5.08. The van der Waals surface area contributed by atoms with Crippen molar-refractivity contribution in [1.29, 1.82) is 0 Å². The van der Waals surface area contributed by atoms with Gasteiger partial charge >= 0.3 is 0 Å². The second-order valence-corrected chi connectivity index (χ2v) is 9.13. The average molecular weight is 372 g/mol. The maximum atomic E-state index is 11.9. The lowest BCUT2D eigenvalue weighted by Gasteiger charge is -2.31. The van der Waals surface area contributed by atoms with E-state index in [9.17, 15) is 8.42 Å². The predicted octanol–water partition coefficient (Wildman–Crippen LogP) is 0.982. The lowest BCUT2D eigenvalue weighted by Crippen LogP contribution is -2.47. The molecule has 0 aromatic heterocycles. The number of rotatable bonds is 5. The largest absolute Gasteiger partial charge is 0.316 e. The number of fused-ring (bicyclic) bond motifs is 5. The van der Waals surface area contributed by atoms with Crippen LogP contribution >= 0.6 is 24.8 Å². The molecular formula is C14H27Cl2N3O2S. The van der Waals surface area contributed by atoms with Gasteiger partial charge in [0.05, 0.1) is 5.25 Å². The maximum Gasteiger partial charge on any atom is 0.214 e. The van der Waals surface area contributed by atoms with Crippen molar-refractivity contribution in [3.05, 3.63) is 0 Å². The summed E-state index contributed by atoms with van der Waals surface area (Å²) in [4.78, 5) is 2.63. The van der Waals surface area contributed by atoms with Crippen LogP contribution in [-0.2, 0) is 10.0 Å². The van der Waals surface area contributed by atoms with Crippen LogP contribution < -0.4 is 10.0 Å². The molecular weight excluding hydrogens is 345 g/mol. The van der Waals surface area contributed by atoms with Crippen LogP contribution in [0, 0.1) is 11.8 Å². The van der Waals surface area contributed by atoms with Gasteiger partial charge in [-0.05, 0) is 57.5 Å². The number of hydrogen-bond acceptors (Lipinski definition) is 4. The van der Waals surface area contributed by atoms with E-state index in [1.165, 1.54) is 12.8 Å². The minimum Gasteiger partial charge on any atom is -0.316 e. The topological polar surface area (TPSA) is 61.4 Å². The van der Waals surface area contributed by atoms with Gasteiger partial charge < -0.3 is 5.32 Å². The molecule has 0 amide bonds. The molecule has 3 saturated heterocycles. The first-order chi connectivity index (χ1) is 9.58. The van der Waals surface area contributed by atoms with Crippen molar-refractivity contribution in [2.24, 2.45) is 11.8 Å². The van der Waals surface area contributed by atoms with Crippen molar-refractivity contribution in [2.75, 3.05) is 19.6 Å². The second-order valence-electron chi connectivity index (χ2n) is 7.09. The van der Waals surface area contributed by atoms with Crippen molar-refractivity contribution < 1.29 is 8.42 Å². The van der Waals surface area contributed by atoms with E-state index in [0.717, 1.165) is 37.8 Å². The predicted molar refractivity (Wildman–Crippen MR) is 92.4 cm³/mol. The number of nitrogens with zero attached hydrogens (tertiary/aromatic N) is 1. The van der Waals surface area contributed by atoms with Gasteiger partial charge in [0, 0.05) is 24.7 Å². The summed E-state index contributed by atoms with van der Waals surface area (Å²) in [7, 11) is -3.03. The first-order valence-electron chi connectivity index (χ1n) is 8.04. The molecule has 4 rings (SSSR count). The molecule has 1 unspecified atom stereocenters. The van der Waals surface area contributed by atoms with Gasteiger partial charge in [0.15, 0.2) is 0 Å². The van der Waals surface area contributed by atoms with Crippen LogP contribution in [0.3, 0.4) is 0 Å². The Hall–Kier alpha value is 0.410. The highest BCUT2D eigenvalue weighted by atomic mass is 35.5. The Morgan fingerprint density at radius 3 is 2.14 bits per heavy atom. The molecule has 0 spiro atoms. The van der Waals surface area contributed by atoms with E-state index >= 15 is 0 Å². The highest BCUT2D eigenvalue weighted by Gasteiger charge is 2.55. The molecule has 5 atom stereocenters. The fourth-order valence-corrected chi connectivity index (χ4v) is 6.28. The summed E-state index contributed by atoms with van der Waals surface area (Å²) in [6, 6.07) is 1.69. The summed E-state index contributed by atoms with van der Waals surface area (Å²) >= 11 is 0. The Morgan fingerprint density at radius 2 is 1.64 bits per heavy atom. The van der Waals surface area contributed by atoms with Crippen molar-refractivity contribution in [1.82, 2.24) is 14.9 Å². The number of nitrogens with one attached hydrogen (secondary N) is 2. The van der Waals surface area contributed by atoms with Gasteiger partial charge in [-0.25, -0.2) is 13.1 Å². The van der Waals surface area contributed by atoms with E-state index in [1.54, 1.807) is 0 Å². The lowest BCUT2D eigenvalue weighted by molar-refractivity contribution is 0.169. The molecule has 22 heavy (non-hydrogen) atoms. The smallest absolute Gasteiger partial charge is 0.214 e. The third-order valence-corrected chi connectivity index (χ3v) is 7.79. The Labute approximate surface area is 145 Å². The molecule has 0 aromatic carbocycles. The van der Waals surface area contributed by atoms with Gasteiger partial charge in [0.2, 0.25) is 10.0 Å². The third-order valence-electron chi connectivity index (χ3n) is 5.87. The van der Waals surface area contributed by atoms with E-state index < -0.39 is 10.0 Å². The minimum atomic E-state index is -3.03. The first kappa shape index (κ1) is 18.7. The molecule has 5 nitrogen and oxygen atoms in total. The van der Waals surface area contributed by atoms with Gasteiger partial charge in [-0.2, -0.15) is 0 Å². The fourth-order valence-electron chi connectivity index (χ4n) is 4.81. The molecule has 4 fully saturated rings. The van der Waals surface area contributed by atoms with Crippen LogP contribution in [-0.4, -0.2) is 56.3 Å². The Kier molecular flexibility index (Phi) is 5.73. The van der Waals surface area contributed by atoms with Crippen LogP contribution in [0.5, 0.6) is 0 Å². The molecule has 3 aliphatic heterocycles. The van der Waals surface area contributed by atoms with Crippen LogP contribution in [0.2, 0.25) is 0 Å². The normalized spacial score (nSPS) is 38.2. The van der Waals surface area contributed by atoms with Crippen LogP contribution in [0.1, 0.15) is 32.6 Å². The highest BCUT2D eigenvalue weighted by molar-refractivity contribution is 7.90. The van der Waals surface area contributed by atoms with Gasteiger partial charge in [-0.1, -0.05) is 0 Å². The van der Waals surface area contributed by atoms with Crippen molar-refractivity contribution in [2.45, 2.75) is 56.0 Å². The molecule has 2 bridgehead atoms. The second kappa shape index (κ2) is 6.73. The van der Waals surface area contributed by atoms with E-state index in [1.807, 2.05) is 0 Å². The fraction of sp³-hybridized carbons (Fsp3) is 1.00. The summed E-state index contributed by atoms with van der Waals surface area (Å²) in [5.41, 5.74) is 0. The quantitative estimate of drug-likeness (QED) is 0.756. The zero-order valence-corrected chi connectivity index (χ0v) is 15.4. The molecule has 4 aliphatic rings. The van der Waals surface area contributed by atoms with E-state index in [2.05, 4.69) is 21.9 Å². The van der Waals surface area contributed by atoms with Gasteiger partial charge in [0.25, 0.3) is 0 Å². The third kappa shape index (κ3) is 3.03. The lowest BCUT2D eigenvalue weighted by atomic mass is 9.82. The molecule has 8 heteroatoms. The number of sulfonamides is 1. The number of hydrogen-bond donors (Lipinski definition) is 2. The highest BCUT2D eigenvalue weighted by Crippen LogP contribution is 2.48. The van der Waals surface area contributed by atoms with E-state index in [4.69, 9.17) is 0 Å². The Morgan fingerprint density at radius 1 is 1.09 bits per heavy atom. The molecule has 3 heterocycles. The molecule has 1 aliphatic carbocycles.